The van der Waals surface area contributed by atoms with Crippen molar-refractivity contribution in [3.63, 3.8) is 0 Å². The monoisotopic (exact) mass is 343 g/mol. The lowest BCUT2D eigenvalue weighted by atomic mass is 9.95. The van der Waals surface area contributed by atoms with Crippen LogP contribution in [0.25, 0.3) is 0 Å². The predicted octanol–water partition coefficient (Wildman–Crippen LogP) is 5.42. The van der Waals surface area contributed by atoms with E-state index in [1.165, 1.54) is 5.56 Å². The molecule has 2 aromatic rings. The zero-order valence-electron chi connectivity index (χ0n) is 13.1. The molecule has 1 saturated carbocycles. The van der Waals surface area contributed by atoms with Gasteiger partial charge in [0.1, 0.15) is 0 Å². The minimum Gasteiger partial charge on any atom is -0.453 e. The van der Waals surface area contributed by atoms with Crippen molar-refractivity contribution in [3.8, 4) is 11.5 Å². The number of rotatable bonds is 2. The maximum Gasteiger partial charge on any atom is 0.151 e. The first-order valence-electron chi connectivity index (χ1n) is 8.23. The standard InChI is InChI=1S/C19H21NOS2/c1-2-20-13-5-3-4-6-15(13)21-16-11-12(7-8-14(16)20)19-17(22)9-10-18(19)23/h3-8,11,17-19,22-23H,2,9-10H2,1H3. The van der Waals surface area contributed by atoms with Gasteiger partial charge in [-0.15, -0.1) is 0 Å². The molecule has 2 unspecified atom stereocenters. The summed E-state index contributed by atoms with van der Waals surface area (Å²) in [5, 5.41) is 0.766. The van der Waals surface area contributed by atoms with Gasteiger partial charge < -0.3 is 9.64 Å². The van der Waals surface area contributed by atoms with Crippen LogP contribution in [0.3, 0.4) is 0 Å². The summed E-state index contributed by atoms with van der Waals surface area (Å²) in [6, 6.07) is 14.8. The van der Waals surface area contributed by atoms with E-state index in [2.05, 4.69) is 42.2 Å². The molecule has 0 spiro atoms. The fourth-order valence-corrected chi connectivity index (χ4v) is 4.99. The van der Waals surface area contributed by atoms with Crippen molar-refractivity contribution in [1.82, 2.24) is 0 Å². The molecule has 0 saturated heterocycles. The van der Waals surface area contributed by atoms with Crippen molar-refractivity contribution in [3.05, 3.63) is 48.0 Å². The Morgan fingerprint density at radius 1 is 1.00 bits per heavy atom. The molecule has 4 rings (SSSR count). The molecule has 1 heterocycles. The van der Waals surface area contributed by atoms with Gasteiger partial charge in [-0.25, -0.2) is 0 Å². The molecule has 1 fully saturated rings. The van der Waals surface area contributed by atoms with E-state index in [9.17, 15) is 0 Å². The van der Waals surface area contributed by atoms with E-state index < -0.39 is 0 Å². The van der Waals surface area contributed by atoms with Gasteiger partial charge in [0, 0.05) is 23.0 Å². The van der Waals surface area contributed by atoms with Crippen LogP contribution in [0.1, 0.15) is 31.2 Å². The largest absolute Gasteiger partial charge is 0.453 e. The van der Waals surface area contributed by atoms with E-state index in [4.69, 9.17) is 30.0 Å². The molecule has 2 atom stereocenters. The Morgan fingerprint density at radius 3 is 2.43 bits per heavy atom. The average molecular weight is 344 g/mol. The van der Waals surface area contributed by atoms with Gasteiger partial charge in [-0.3, -0.25) is 0 Å². The number of hydrogen-bond acceptors (Lipinski definition) is 4. The molecule has 2 nitrogen and oxygen atoms in total. The third kappa shape index (κ3) is 2.52. The molecule has 0 bridgehead atoms. The summed E-state index contributed by atoms with van der Waals surface area (Å²) in [7, 11) is 0. The number of fused-ring (bicyclic) bond motifs is 2. The topological polar surface area (TPSA) is 12.5 Å². The van der Waals surface area contributed by atoms with Gasteiger partial charge >= 0.3 is 0 Å². The van der Waals surface area contributed by atoms with Gasteiger partial charge in [-0.2, -0.15) is 25.3 Å². The van der Waals surface area contributed by atoms with Crippen LogP contribution in [0.15, 0.2) is 42.5 Å². The van der Waals surface area contributed by atoms with Crippen molar-refractivity contribution < 1.29 is 4.74 Å². The lowest BCUT2D eigenvalue weighted by Crippen LogP contribution is -2.21. The zero-order chi connectivity index (χ0) is 16.0. The summed E-state index contributed by atoms with van der Waals surface area (Å²) in [4.78, 5) is 2.31. The van der Waals surface area contributed by atoms with Crippen molar-refractivity contribution in [2.24, 2.45) is 0 Å². The summed E-state index contributed by atoms with van der Waals surface area (Å²) in [6.07, 6.45) is 2.26. The molecule has 23 heavy (non-hydrogen) atoms. The van der Waals surface area contributed by atoms with Crippen molar-refractivity contribution >= 4 is 36.6 Å². The van der Waals surface area contributed by atoms with Crippen LogP contribution in [-0.4, -0.2) is 17.0 Å². The lowest BCUT2D eigenvalue weighted by molar-refractivity contribution is 0.472. The molecule has 1 aliphatic heterocycles. The second kappa shape index (κ2) is 5.99. The maximum atomic E-state index is 6.19. The van der Waals surface area contributed by atoms with Gasteiger partial charge in [0.15, 0.2) is 11.5 Å². The van der Waals surface area contributed by atoms with Crippen molar-refractivity contribution in [2.45, 2.75) is 36.2 Å². The van der Waals surface area contributed by atoms with Crippen LogP contribution >= 0.6 is 25.3 Å². The van der Waals surface area contributed by atoms with E-state index in [-0.39, 0.29) is 0 Å². The number of thiol groups is 2. The average Bonchev–Trinajstić information content (AvgIpc) is 2.90. The van der Waals surface area contributed by atoms with Gasteiger partial charge in [-0.1, -0.05) is 18.2 Å². The van der Waals surface area contributed by atoms with Gasteiger partial charge in [0.2, 0.25) is 0 Å². The van der Waals surface area contributed by atoms with Crippen LogP contribution in [-0.2, 0) is 0 Å². The molecular weight excluding hydrogens is 322 g/mol. The van der Waals surface area contributed by atoms with Crippen molar-refractivity contribution in [1.29, 1.82) is 0 Å². The third-order valence-electron chi connectivity index (χ3n) is 4.94. The van der Waals surface area contributed by atoms with Gasteiger partial charge in [-0.05, 0) is 49.6 Å². The summed E-state index contributed by atoms with van der Waals surface area (Å²) in [5.74, 6) is 2.26. The fraction of sp³-hybridized carbons (Fsp3) is 0.368. The maximum absolute atomic E-state index is 6.19. The Hall–Kier alpha value is -1.26. The number of benzene rings is 2. The van der Waals surface area contributed by atoms with E-state index in [1.807, 2.05) is 12.1 Å². The zero-order valence-corrected chi connectivity index (χ0v) is 14.9. The number of hydrogen-bond donors (Lipinski definition) is 2. The molecule has 0 N–H and O–H groups in total. The summed E-state index contributed by atoms with van der Waals surface area (Å²) >= 11 is 9.53. The molecule has 0 radical (unpaired) electrons. The Morgan fingerprint density at radius 2 is 1.70 bits per heavy atom. The number of ether oxygens (including phenoxy) is 1. The normalized spacial score (nSPS) is 25.7. The van der Waals surface area contributed by atoms with Crippen LogP contribution in [0.4, 0.5) is 11.4 Å². The van der Waals surface area contributed by atoms with Crippen LogP contribution in [0.2, 0.25) is 0 Å². The Bertz CT molecular complexity index is 723. The molecule has 120 valence electrons. The highest BCUT2D eigenvalue weighted by Crippen LogP contribution is 2.49. The van der Waals surface area contributed by atoms with Crippen LogP contribution < -0.4 is 9.64 Å². The second-order valence-electron chi connectivity index (χ2n) is 6.28. The molecule has 2 aromatic carbocycles. The minimum atomic E-state index is 0.383. The van der Waals surface area contributed by atoms with Gasteiger partial charge in [0.05, 0.1) is 11.4 Å². The quantitative estimate of drug-likeness (QED) is 0.706. The highest BCUT2D eigenvalue weighted by molar-refractivity contribution is 7.82. The molecule has 2 aliphatic rings. The van der Waals surface area contributed by atoms with Crippen LogP contribution in [0.5, 0.6) is 11.5 Å². The molecular formula is C19H21NOS2. The summed E-state index contributed by atoms with van der Waals surface area (Å²) in [6.45, 7) is 3.09. The first-order chi connectivity index (χ1) is 11.2. The minimum absolute atomic E-state index is 0.383. The third-order valence-corrected chi connectivity index (χ3v) is 6.10. The van der Waals surface area contributed by atoms with E-state index in [0.29, 0.717) is 16.4 Å². The van der Waals surface area contributed by atoms with E-state index in [1.54, 1.807) is 0 Å². The second-order valence-corrected chi connectivity index (χ2v) is 7.61. The molecule has 1 aliphatic carbocycles. The lowest BCUT2D eigenvalue weighted by Gasteiger charge is -2.33. The highest BCUT2D eigenvalue weighted by Gasteiger charge is 2.34. The Balaban J connectivity index is 1.76. The highest BCUT2D eigenvalue weighted by atomic mass is 32.1. The Kier molecular flexibility index (Phi) is 3.98. The fourth-order valence-electron chi connectivity index (χ4n) is 3.80. The Labute approximate surface area is 148 Å². The predicted molar refractivity (Wildman–Crippen MR) is 103 cm³/mol. The number of nitrogens with zero attached hydrogens (tertiary/aromatic N) is 1. The summed E-state index contributed by atoms with van der Waals surface area (Å²) < 4.78 is 6.19. The number of para-hydroxylation sites is 2. The first kappa shape index (κ1) is 15.3. The molecule has 0 aromatic heterocycles. The van der Waals surface area contributed by atoms with Crippen molar-refractivity contribution in [2.75, 3.05) is 11.4 Å². The molecule has 0 amide bonds. The van der Waals surface area contributed by atoms with E-state index in [0.717, 1.165) is 42.3 Å². The van der Waals surface area contributed by atoms with Gasteiger partial charge in [0.25, 0.3) is 0 Å². The SMILES string of the molecule is CCN1c2ccccc2Oc2cc(C3C(S)CCC3S)ccc21. The smallest absolute Gasteiger partial charge is 0.151 e. The number of anilines is 2. The first-order valence-corrected chi connectivity index (χ1v) is 9.27. The molecule has 4 heteroatoms. The summed E-state index contributed by atoms with van der Waals surface area (Å²) in [5.41, 5.74) is 3.56. The van der Waals surface area contributed by atoms with Crippen LogP contribution in [0, 0.1) is 0 Å². The van der Waals surface area contributed by atoms with E-state index >= 15 is 0 Å².